The fraction of sp³-hybridized carbons (Fsp3) is 0.286. The highest BCUT2D eigenvalue weighted by Gasteiger charge is 2.03. The summed E-state index contributed by atoms with van der Waals surface area (Å²) in [5.74, 6) is 0.608. The average Bonchev–Trinajstić information content (AvgIpc) is 2.33. The van der Waals surface area contributed by atoms with Crippen LogP contribution in [0.15, 0.2) is 11.0 Å². The summed E-state index contributed by atoms with van der Waals surface area (Å²) in [7, 11) is 0. The lowest BCUT2D eigenvalue weighted by Crippen LogP contribution is -2.19. The van der Waals surface area contributed by atoms with Crippen LogP contribution in [-0.4, -0.2) is 19.6 Å². The Balaban J connectivity index is 3.03. The molecule has 0 aromatic carbocycles. The van der Waals surface area contributed by atoms with Gasteiger partial charge in [-0.15, -0.1) is 0 Å². The van der Waals surface area contributed by atoms with Crippen molar-refractivity contribution in [2.45, 2.75) is 13.8 Å². The van der Waals surface area contributed by atoms with E-state index in [4.69, 9.17) is 0 Å². The van der Waals surface area contributed by atoms with Crippen molar-refractivity contribution in [2.24, 2.45) is 0 Å². The van der Waals surface area contributed by atoms with Gasteiger partial charge in [-0.2, -0.15) is 9.61 Å². The molecule has 2 aromatic heterocycles. The summed E-state index contributed by atoms with van der Waals surface area (Å²) in [4.78, 5) is 17.9. The fourth-order valence-electron chi connectivity index (χ4n) is 1.10. The zero-order valence-corrected chi connectivity index (χ0v) is 6.83. The third-order valence-electron chi connectivity index (χ3n) is 1.67. The molecule has 0 bridgehead atoms. The summed E-state index contributed by atoms with van der Waals surface area (Å²) in [6, 6.07) is 0. The smallest absolute Gasteiger partial charge is 0.294 e. The molecule has 0 aliphatic carbocycles. The lowest BCUT2D eigenvalue weighted by Gasteiger charge is -1.93. The molecule has 2 rings (SSSR count). The summed E-state index contributed by atoms with van der Waals surface area (Å²) < 4.78 is 1.25. The standard InChI is InChI=1S/C7H8N4O/c1-4-3-8-11-6(4)9-5(2)10-7(11)12/h3H,1-2H3,(H,9,10,12). The van der Waals surface area contributed by atoms with Crippen molar-refractivity contribution >= 4 is 5.65 Å². The molecule has 0 aliphatic heterocycles. The van der Waals surface area contributed by atoms with E-state index in [9.17, 15) is 4.79 Å². The molecule has 1 N–H and O–H groups in total. The quantitative estimate of drug-likeness (QED) is 0.597. The number of aromatic nitrogens is 4. The van der Waals surface area contributed by atoms with Gasteiger partial charge in [-0.25, -0.2) is 9.78 Å². The summed E-state index contributed by atoms with van der Waals surface area (Å²) >= 11 is 0. The first-order valence-electron chi connectivity index (χ1n) is 3.60. The van der Waals surface area contributed by atoms with Gasteiger partial charge in [0.2, 0.25) is 0 Å². The molecule has 0 atom stereocenters. The minimum absolute atomic E-state index is 0.245. The second-order valence-corrected chi connectivity index (χ2v) is 2.69. The van der Waals surface area contributed by atoms with Gasteiger partial charge in [-0.3, -0.25) is 4.98 Å². The van der Waals surface area contributed by atoms with Crippen LogP contribution in [0.5, 0.6) is 0 Å². The number of hydrogen-bond acceptors (Lipinski definition) is 3. The Kier molecular flexibility index (Phi) is 1.27. The van der Waals surface area contributed by atoms with Crippen LogP contribution in [0.2, 0.25) is 0 Å². The van der Waals surface area contributed by atoms with Crippen molar-refractivity contribution < 1.29 is 0 Å². The van der Waals surface area contributed by atoms with Gasteiger partial charge in [0.1, 0.15) is 5.82 Å². The summed E-state index contributed by atoms with van der Waals surface area (Å²) in [6.45, 7) is 3.61. The number of aryl methyl sites for hydroxylation is 2. The molecule has 0 aliphatic rings. The van der Waals surface area contributed by atoms with E-state index in [0.29, 0.717) is 11.5 Å². The molecule has 12 heavy (non-hydrogen) atoms. The molecule has 0 saturated heterocycles. The number of fused-ring (bicyclic) bond motifs is 1. The zero-order valence-electron chi connectivity index (χ0n) is 6.83. The molecule has 0 unspecified atom stereocenters. The molecule has 0 saturated carbocycles. The van der Waals surface area contributed by atoms with Crippen LogP contribution in [0.4, 0.5) is 0 Å². The van der Waals surface area contributed by atoms with Gasteiger partial charge in [0, 0.05) is 5.56 Å². The summed E-state index contributed by atoms with van der Waals surface area (Å²) in [5.41, 5.74) is 1.28. The number of H-pyrrole nitrogens is 1. The Morgan fingerprint density at radius 3 is 3.00 bits per heavy atom. The minimum Gasteiger partial charge on any atom is -0.294 e. The molecule has 0 spiro atoms. The molecular weight excluding hydrogens is 156 g/mol. The number of hydrogen-bond donors (Lipinski definition) is 1. The topological polar surface area (TPSA) is 63.1 Å². The van der Waals surface area contributed by atoms with E-state index in [-0.39, 0.29) is 5.69 Å². The molecule has 2 heterocycles. The van der Waals surface area contributed by atoms with Gasteiger partial charge in [-0.05, 0) is 13.8 Å². The van der Waals surface area contributed by atoms with Crippen molar-refractivity contribution in [3.63, 3.8) is 0 Å². The first-order valence-corrected chi connectivity index (χ1v) is 3.60. The number of aromatic amines is 1. The van der Waals surface area contributed by atoms with Gasteiger partial charge in [0.15, 0.2) is 5.65 Å². The van der Waals surface area contributed by atoms with Crippen LogP contribution in [0.25, 0.3) is 5.65 Å². The highest BCUT2D eigenvalue weighted by molar-refractivity contribution is 5.44. The average molecular weight is 164 g/mol. The van der Waals surface area contributed by atoms with Gasteiger partial charge >= 0.3 is 5.69 Å². The predicted octanol–water partition coefficient (Wildman–Crippen LogP) is 0.0344. The monoisotopic (exact) mass is 164 g/mol. The first-order chi connectivity index (χ1) is 5.68. The lowest BCUT2D eigenvalue weighted by molar-refractivity contribution is 0.819. The fourth-order valence-corrected chi connectivity index (χ4v) is 1.10. The Labute approximate surface area is 68.1 Å². The first kappa shape index (κ1) is 7.02. The number of rotatable bonds is 0. The molecular formula is C7H8N4O. The van der Waals surface area contributed by atoms with Crippen molar-refractivity contribution in [1.82, 2.24) is 19.6 Å². The maximum atomic E-state index is 11.2. The Hall–Kier alpha value is -1.65. The summed E-state index contributed by atoms with van der Waals surface area (Å²) in [6.07, 6.45) is 1.62. The second-order valence-electron chi connectivity index (χ2n) is 2.69. The van der Waals surface area contributed by atoms with E-state index in [1.165, 1.54) is 4.52 Å². The van der Waals surface area contributed by atoms with E-state index < -0.39 is 0 Å². The second kappa shape index (κ2) is 2.17. The van der Waals surface area contributed by atoms with Crippen LogP contribution < -0.4 is 5.69 Å². The predicted molar refractivity (Wildman–Crippen MR) is 43.1 cm³/mol. The molecule has 0 radical (unpaired) electrons. The van der Waals surface area contributed by atoms with Crippen molar-refractivity contribution in [3.8, 4) is 0 Å². The van der Waals surface area contributed by atoms with Gasteiger partial charge in [0.25, 0.3) is 0 Å². The molecule has 5 nitrogen and oxygen atoms in total. The highest BCUT2D eigenvalue weighted by atomic mass is 16.1. The Morgan fingerprint density at radius 1 is 1.50 bits per heavy atom. The maximum absolute atomic E-state index is 11.2. The van der Waals surface area contributed by atoms with Gasteiger partial charge in [0.05, 0.1) is 6.20 Å². The molecule has 62 valence electrons. The van der Waals surface area contributed by atoms with Crippen molar-refractivity contribution in [1.29, 1.82) is 0 Å². The third kappa shape index (κ3) is 0.827. The van der Waals surface area contributed by atoms with Crippen molar-refractivity contribution in [3.05, 3.63) is 28.1 Å². The zero-order chi connectivity index (χ0) is 8.72. The third-order valence-corrected chi connectivity index (χ3v) is 1.67. The molecule has 2 aromatic rings. The lowest BCUT2D eigenvalue weighted by atomic mass is 10.4. The normalized spacial score (nSPS) is 10.8. The number of nitrogens with zero attached hydrogens (tertiary/aromatic N) is 3. The Morgan fingerprint density at radius 2 is 2.25 bits per heavy atom. The van der Waals surface area contributed by atoms with Crippen LogP contribution in [0.3, 0.4) is 0 Å². The van der Waals surface area contributed by atoms with E-state index >= 15 is 0 Å². The van der Waals surface area contributed by atoms with E-state index in [1.54, 1.807) is 13.1 Å². The van der Waals surface area contributed by atoms with Crippen LogP contribution in [0, 0.1) is 13.8 Å². The van der Waals surface area contributed by atoms with Crippen LogP contribution in [0.1, 0.15) is 11.4 Å². The largest absolute Gasteiger partial charge is 0.349 e. The Bertz CT molecular complexity index is 482. The van der Waals surface area contributed by atoms with E-state index in [2.05, 4.69) is 15.1 Å². The van der Waals surface area contributed by atoms with Crippen LogP contribution in [-0.2, 0) is 0 Å². The number of nitrogens with one attached hydrogen (secondary N) is 1. The van der Waals surface area contributed by atoms with Gasteiger partial charge in [-0.1, -0.05) is 0 Å². The van der Waals surface area contributed by atoms with E-state index in [1.807, 2.05) is 6.92 Å². The van der Waals surface area contributed by atoms with E-state index in [0.717, 1.165) is 5.56 Å². The minimum atomic E-state index is -0.245. The van der Waals surface area contributed by atoms with Crippen LogP contribution >= 0.6 is 0 Å². The highest BCUT2D eigenvalue weighted by Crippen LogP contribution is 2.01. The SMILES string of the molecule is Cc1nc2c(C)cnn2c(=O)[nH]1. The van der Waals surface area contributed by atoms with Crippen molar-refractivity contribution in [2.75, 3.05) is 0 Å². The molecule has 0 amide bonds. The van der Waals surface area contributed by atoms with Gasteiger partial charge < -0.3 is 0 Å². The molecule has 0 fully saturated rings. The maximum Gasteiger partial charge on any atom is 0.349 e. The summed E-state index contributed by atoms with van der Waals surface area (Å²) in [5, 5.41) is 3.87. The molecule has 5 heteroatoms.